The minimum absolute atomic E-state index is 0.0761. The van der Waals surface area contributed by atoms with Crippen LogP contribution in [0, 0.1) is 11.6 Å². The lowest BCUT2D eigenvalue weighted by atomic mass is 9.82. The number of benzene rings is 1. The summed E-state index contributed by atoms with van der Waals surface area (Å²) in [4.78, 5) is 4.28. The molecule has 5 heteroatoms. The molecule has 0 N–H and O–H groups in total. The summed E-state index contributed by atoms with van der Waals surface area (Å²) in [5.41, 5.74) is 1.38. The van der Waals surface area contributed by atoms with E-state index in [-0.39, 0.29) is 12.0 Å². The molecule has 0 amide bonds. The lowest BCUT2D eigenvalue weighted by Crippen LogP contribution is -2.21. The van der Waals surface area contributed by atoms with Crippen LogP contribution in [0.4, 0.5) is 8.78 Å². The summed E-state index contributed by atoms with van der Waals surface area (Å²) in [6.45, 7) is 0.463. The number of ether oxygens (including phenoxy) is 1. The molecule has 1 fully saturated rings. The van der Waals surface area contributed by atoms with Gasteiger partial charge in [-0.15, -0.1) is 0 Å². The summed E-state index contributed by atoms with van der Waals surface area (Å²) in [5.74, 6) is -1.39. The topological polar surface area (TPSA) is 22.1 Å². The highest BCUT2D eigenvalue weighted by Crippen LogP contribution is 2.36. The molecule has 1 aliphatic carbocycles. The van der Waals surface area contributed by atoms with Gasteiger partial charge in [0.25, 0.3) is 0 Å². The summed E-state index contributed by atoms with van der Waals surface area (Å²) in [7, 11) is 0. The lowest BCUT2D eigenvalue weighted by Gasteiger charge is -2.29. The van der Waals surface area contributed by atoms with Crippen molar-refractivity contribution in [3.05, 3.63) is 63.9 Å². The van der Waals surface area contributed by atoms with Crippen molar-refractivity contribution in [3.8, 4) is 0 Å². The second kappa shape index (κ2) is 7.49. The molecule has 122 valence electrons. The quantitative estimate of drug-likeness (QED) is 0.710. The van der Waals surface area contributed by atoms with E-state index in [0.29, 0.717) is 12.2 Å². The SMILES string of the molecule is Fc1cccc(C2CCC(OCc3ncccc3Br)CC2)c1F. The molecule has 0 unspecified atom stereocenters. The van der Waals surface area contributed by atoms with Gasteiger partial charge in [-0.25, -0.2) is 8.78 Å². The molecule has 1 saturated carbocycles. The fourth-order valence-electron chi connectivity index (χ4n) is 3.10. The van der Waals surface area contributed by atoms with E-state index in [4.69, 9.17) is 4.74 Å². The van der Waals surface area contributed by atoms with E-state index in [1.54, 1.807) is 18.3 Å². The van der Waals surface area contributed by atoms with Gasteiger partial charge in [0.05, 0.1) is 18.4 Å². The molecule has 1 aromatic carbocycles. The molecule has 0 saturated heterocycles. The van der Waals surface area contributed by atoms with E-state index in [1.165, 1.54) is 0 Å². The normalized spacial score (nSPS) is 21.3. The maximum atomic E-state index is 13.9. The predicted octanol–water partition coefficient (Wildman–Crippen LogP) is 5.37. The van der Waals surface area contributed by atoms with Crippen LogP contribution in [-0.2, 0) is 11.3 Å². The van der Waals surface area contributed by atoms with Crippen molar-refractivity contribution in [2.75, 3.05) is 0 Å². The zero-order valence-corrected chi connectivity index (χ0v) is 14.2. The predicted molar refractivity (Wildman–Crippen MR) is 88.1 cm³/mol. The van der Waals surface area contributed by atoms with Gasteiger partial charge in [0.1, 0.15) is 0 Å². The van der Waals surface area contributed by atoms with Gasteiger partial charge in [-0.2, -0.15) is 0 Å². The third-order valence-corrected chi connectivity index (χ3v) is 5.11. The Morgan fingerprint density at radius 2 is 1.87 bits per heavy atom. The summed E-state index contributed by atoms with van der Waals surface area (Å²) in [6, 6.07) is 8.24. The third-order valence-electron chi connectivity index (χ3n) is 4.39. The fraction of sp³-hybridized carbons (Fsp3) is 0.389. The van der Waals surface area contributed by atoms with Crippen LogP contribution in [0.2, 0.25) is 0 Å². The Hall–Kier alpha value is -1.33. The zero-order valence-electron chi connectivity index (χ0n) is 12.6. The molecule has 0 spiro atoms. The average molecular weight is 382 g/mol. The van der Waals surface area contributed by atoms with Crippen LogP contribution in [0.3, 0.4) is 0 Å². The van der Waals surface area contributed by atoms with Crippen LogP contribution in [-0.4, -0.2) is 11.1 Å². The van der Waals surface area contributed by atoms with Gasteiger partial charge in [0.2, 0.25) is 0 Å². The van der Waals surface area contributed by atoms with Gasteiger partial charge in [-0.3, -0.25) is 4.98 Å². The maximum absolute atomic E-state index is 13.9. The van der Waals surface area contributed by atoms with Crippen LogP contribution in [0.1, 0.15) is 42.9 Å². The number of nitrogens with zero attached hydrogens (tertiary/aromatic N) is 1. The van der Waals surface area contributed by atoms with Crippen molar-refractivity contribution in [1.29, 1.82) is 0 Å². The molecule has 1 heterocycles. The summed E-state index contributed by atoms with van der Waals surface area (Å²) in [5, 5.41) is 0. The van der Waals surface area contributed by atoms with Crippen LogP contribution >= 0.6 is 15.9 Å². The molecule has 0 bridgehead atoms. The Balaban J connectivity index is 1.54. The minimum atomic E-state index is -0.763. The van der Waals surface area contributed by atoms with Gasteiger partial charge in [0, 0.05) is 10.7 Å². The monoisotopic (exact) mass is 381 g/mol. The first kappa shape index (κ1) is 16.5. The van der Waals surface area contributed by atoms with E-state index in [2.05, 4.69) is 20.9 Å². The molecule has 1 aromatic heterocycles. The van der Waals surface area contributed by atoms with Crippen molar-refractivity contribution in [2.45, 2.75) is 44.3 Å². The second-order valence-corrected chi connectivity index (χ2v) is 6.71. The molecule has 2 nitrogen and oxygen atoms in total. The van der Waals surface area contributed by atoms with Crippen molar-refractivity contribution in [1.82, 2.24) is 4.98 Å². The Morgan fingerprint density at radius 1 is 1.09 bits per heavy atom. The molecule has 3 rings (SSSR count). The molecule has 2 aromatic rings. The van der Waals surface area contributed by atoms with E-state index in [0.717, 1.165) is 41.9 Å². The molecular formula is C18H18BrF2NO. The van der Waals surface area contributed by atoms with Crippen molar-refractivity contribution in [3.63, 3.8) is 0 Å². The number of rotatable bonds is 4. The van der Waals surface area contributed by atoms with Crippen LogP contribution in [0.15, 0.2) is 41.0 Å². The first-order valence-electron chi connectivity index (χ1n) is 7.80. The number of aromatic nitrogens is 1. The van der Waals surface area contributed by atoms with E-state index in [9.17, 15) is 8.78 Å². The second-order valence-electron chi connectivity index (χ2n) is 5.86. The van der Waals surface area contributed by atoms with Gasteiger partial charge in [0.15, 0.2) is 11.6 Å². The Morgan fingerprint density at radius 3 is 2.61 bits per heavy atom. The number of halogens is 3. The van der Waals surface area contributed by atoms with Gasteiger partial charge in [-0.05, 0) is 71.3 Å². The minimum Gasteiger partial charge on any atom is -0.372 e. The average Bonchev–Trinajstić information content (AvgIpc) is 2.57. The van der Waals surface area contributed by atoms with Crippen LogP contribution < -0.4 is 0 Å². The smallest absolute Gasteiger partial charge is 0.162 e. The summed E-state index contributed by atoms with van der Waals surface area (Å²) >= 11 is 3.46. The highest BCUT2D eigenvalue weighted by molar-refractivity contribution is 9.10. The Labute approximate surface area is 143 Å². The molecule has 0 aliphatic heterocycles. The van der Waals surface area contributed by atoms with E-state index >= 15 is 0 Å². The number of hydrogen-bond donors (Lipinski definition) is 0. The first-order chi connectivity index (χ1) is 11.1. The van der Waals surface area contributed by atoms with Crippen molar-refractivity contribution >= 4 is 15.9 Å². The van der Waals surface area contributed by atoms with Crippen molar-refractivity contribution in [2.24, 2.45) is 0 Å². The first-order valence-corrected chi connectivity index (χ1v) is 8.59. The molecule has 23 heavy (non-hydrogen) atoms. The third kappa shape index (κ3) is 3.96. The van der Waals surface area contributed by atoms with E-state index in [1.807, 2.05) is 12.1 Å². The van der Waals surface area contributed by atoms with Crippen LogP contribution in [0.5, 0.6) is 0 Å². The fourth-order valence-corrected chi connectivity index (χ4v) is 3.47. The highest BCUT2D eigenvalue weighted by atomic mass is 79.9. The standard InChI is InChI=1S/C18H18BrF2NO/c19-15-4-2-10-22-17(15)11-23-13-8-6-12(7-9-13)14-3-1-5-16(20)18(14)21/h1-5,10,12-13H,6-9,11H2. The number of hydrogen-bond acceptors (Lipinski definition) is 2. The number of pyridine rings is 1. The molecule has 0 atom stereocenters. The van der Waals surface area contributed by atoms with Gasteiger partial charge < -0.3 is 4.74 Å². The van der Waals surface area contributed by atoms with Gasteiger partial charge >= 0.3 is 0 Å². The van der Waals surface area contributed by atoms with Crippen molar-refractivity contribution < 1.29 is 13.5 Å². The van der Waals surface area contributed by atoms with Gasteiger partial charge in [-0.1, -0.05) is 12.1 Å². The lowest BCUT2D eigenvalue weighted by molar-refractivity contribution is 0.0113. The summed E-state index contributed by atoms with van der Waals surface area (Å²) in [6.07, 6.45) is 5.23. The Bertz CT molecular complexity index is 672. The molecule has 1 aliphatic rings. The Kier molecular flexibility index (Phi) is 5.38. The molecular weight excluding hydrogens is 364 g/mol. The largest absolute Gasteiger partial charge is 0.372 e. The van der Waals surface area contributed by atoms with E-state index < -0.39 is 11.6 Å². The highest BCUT2D eigenvalue weighted by Gasteiger charge is 2.25. The van der Waals surface area contributed by atoms with Crippen LogP contribution in [0.25, 0.3) is 0 Å². The molecule has 0 radical (unpaired) electrons. The maximum Gasteiger partial charge on any atom is 0.162 e. The zero-order chi connectivity index (χ0) is 16.2. The summed E-state index contributed by atoms with van der Waals surface area (Å²) < 4.78 is 34.1.